The van der Waals surface area contributed by atoms with Crippen molar-refractivity contribution in [2.75, 3.05) is 34.0 Å². The summed E-state index contributed by atoms with van der Waals surface area (Å²) in [5, 5.41) is 18.3. The second kappa shape index (κ2) is 30.3. The Labute approximate surface area is 431 Å². The lowest BCUT2D eigenvalue weighted by molar-refractivity contribution is -0.119. The van der Waals surface area contributed by atoms with E-state index in [9.17, 15) is 28.8 Å². The molecule has 6 fully saturated rings. The van der Waals surface area contributed by atoms with Crippen LogP contribution in [0.15, 0.2) is 0 Å². The first kappa shape index (κ1) is 58.7. The molecule has 0 radical (unpaired) electrons. The summed E-state index contributed by atoms with van der Waals surface area (Å²) in [6.07, 6.45) is 26.0. The SMILES string of the molecule is C.CCC(COC(=O)NC1CCC(CC2CCC(NC(C)=O)CC2)CC1)(COC(=O)NC1CCC(CC2CCC(NC(=O)OC)CC2)CC1)COC(=O)NC1CCC(CC2CCC(NC(=O)OC)CC2)CC1. The quantitative estimate of drug-likeness (QED) is 0.0668. The van der Waals surface area contributed by atoms with Gasteiger partial charge in [-0.1, -0.05) is 14.4 Å². The zero-order valence-corrected chi connectivity index (χ0v) is 43.8. The molecule has 6 aliphatic rings. The van der Waals surface area contributed by atoms with Gasteiger partial charge in [0.2, 0.25) is 5.91 Å². The molecular formula is C55H96N6O11. The van der Waals surface area contributed by atoms with E-state index in [2.05, 4.69) is 31.9 Å². The molecule has 0 unspecified atom stereocenters. The van der Waals surface area contributed by atoms with Gasteiger partial charge in [-0.05, 0) is 215 Å². The van der Waals surface area contributed by atoms with Gasteiger partial charge < -0.3 is 55.6 Å². The van der Waals surface area contributed by atoms with Crippen molar-refractivity contribution in [2.45, 2.75) is 237 Å². The lowest BCUT2D eigenvalue weighted by Gasteiger charge is -2.35. The summed E-state index contributed by atoms with van der Waals surface area (Å²) in [5.41, 5.74) is -0.950. The van der Waals surface area contributed by atoms with E-state index in [1.165, 1.54) is 33.5 Å². The fourth-order valence-corrected chi connectivity index (χ4v) is 13.1. The Kier molecular flexibility index (Phi) is 24.7. The smallest absolute Gasteiger partial charge is 0.407 e. The van der Waals surface area contributed by atoms with Crippen molar-refractivity contribution in [1.29, 1.82) is 0 Å². The zero-order chi connectivity index (χ0) is 50.6. The van der Waals surface area contributed by atoms with E-state index in [1.807, 2.05) is 6.92 Å². The molecule has 0 aromatic rings. The Hall–Kier alpha value is -4.18. The highest BCUT2D eigenvalue weighted by molar-refractivity contribution is 5.73. The average Bonchev–Trinajstić information content (AvgIpc) is 3.37. The van der Waals surface area contributed by atoms with E-state index in [-0.39, 0.29) is 75.6 Å². The fourth-order valence-electron chi connectivity index (χ4n) is 13.1. The molecule has 0 aliphatic heterocycles. The molecule has 0 bridgehead atoms. The van der Waals surface area contributed by atoms with E-state index in [4.69, 9.17) is 23.7 Å². The lowest BCUT2D eigenvalue weighted by Crippen LogP contribution is -2.46. The van der Waals surface area contributed by atoms with Crippen LogP contribution in [0.25, 0.3) is 0 Å². The van der Waals surface area contributed by atoms with E-state index >= 15 is 0 Å². The number of hydrogen-bond acceptors (Lipinski definition) is 11. The molecule has 0 atom stereocenters. The first-order valence-electron chi connectivity index (χ1n) is 28.0. The van der Waals surface area contributed by atoms with E-state index < -0.39 is 23.7 Å². The van der Waals surface area contributed by atoms with Gasteiger partial charge >= 0.3 is 30.5 Å². The van der Waals surface area contributed by atoms with Crippen LogP contribution in [0, 0.1) is 40.9 Å². The van der Waals surface area contributed by atoms with Crippen molar-refractivity contribution in [3.63, 3.8) is 0 Å². The molecule has 0 saturated heterocycles. The monoisotopic (exact) mass is 1020 g/mol. The Bertz CT molecular complexity index is 1580. The molecule has 17 nitrogen and oxygen atoms in total. The maximum Gasteiger partial charge on any atom is 0.407 e. The predicted molar refractivity (Wildman–Crippen MR) is 276 cm³/mol. The highest BCUT2D eigenvalue weighted by Crippen LogP contribution is 2.39. The summed E-state index contributed by atoms with van der Waals surface area (Å²) < 4.78 is 27.3. The summed E-state index contributed by atoms with van der Waals surface area (Å²) >= 11 is 0. The molecule has 6 aliphatic carbocycles. The number of nitrogens with one attached hydrogen (secondary N) is 6. The molecule has 6 rings (SSSR count). The maximum absolute atomic E-state index is 13.4. The molecule has 72 heavy (non-hydrogen) atoms. The maximum atomic E-state index is 13.4. The van der Waals surface area contributed by atoms with Crippen LogP contribution in [-0.2, 0) is 28.5 Å². The van der Waals surface area contributed by atoms with E-state index in [1.54, 1.807) is 6.92 Å². The second-order valence-corrected chi connectivity index (χ2v) is 23.0. The third-order valence-electron chi connectivity index (χ3n) is 17.7. The molecule has 6 amide bonds. The zero-order valence-electron chi connectivity index (χ0n) is 43.8. The first-order chi connectivity index (χ1) is 34.3. The van der Waals surface area contributed by atoms with Gasteiger partial charge in [0.1, 0.15) is 19.8 Å². The molecule has 17 heteroatoms. The topological polar surface area (TPSA) is 221 Å². The number of carbonyl (C=O) groups is 6. The molecule has 0 heterocycles. The third-order valence-corrected chi connectivity index (χ3v) is 17.7. The van der Waals surface area contributed by atoms with Gasteiger partial charge in [0.25, 0.3) is 0 Å². The molecule has 6 saturated carbocycles. The standard InChI is InChI=1S/C54H92N6O11.CH4/c1-5-54(33-69-51(64)58-46-24-12-40(13-25-46)30-37-6-18-43(19-7-37)55-36(2)61,34-70-52(65)59-47-26-14-41(15-27-47)31-38-8-20-44(21-9-38)56-49(62)67-3)35-71-53(66)60-48-28-16-42(17-29-48)32-39-10-22-45(23-11-39)57-50(63)68-4;/h37-48H,5-35H2,1-4H3,(H,55,61)(H,56,62)(H,57,63)(H,58,64)(H,59,65)(H,60,66);1H4. The minimum atomic E-state index is -0.950. The van der Waals surface area contributed by atoms with Crippen molar-refractivity contribution in [3.05, 3.63) is 0 Å². The number of hydrogen-bond donors (Lipinski definition) is 6. The van der Waals surface area contributed by atoms with Gasteiger partial charge in [-0.25, -0.2) is 24.0 Å². The Morgan fingerprint density at radius 3 is 0.764 bits per heavy atom. The number of methoxy groups -OCH3 is 2. The number of rotatable bonds is 19. The summed E-state index contributed by atoms with van der Waals surface area (Å²) in [5.74, 6) is 3.92. The minimum Gasteiger partial charge on any atom is -0.453 e. The van der Waals surface area contributed by atoms with Gasteiger partial charge in [-0.2, -0.15) is 0 Å². The highest BCUT2D eigenvalue weighted by atomic mass is 16.6. The van der Waals surface area contributed by atoms with Crippen LogP contribution < -0.4 is 31.9 Å². The van der Waals surface area contributed by atoms with Gasteiger partial charge in [-0.15, -0.1) is 0 Å². The number of amides is 6. The van der Waals surface area contributed by atoms with Gasteiger partial charge in [0, 0.05) is 43.2 Å². The van der Waals surface area contributed by atoms with E-state index in [0.29, 0.717) is 48.0 Å². The molecule has 0 aromatic heterocycles. The number of alkyl carbamates (subject to hydrolysis) is 5. The van der Waals surface area contributed by atoms with Crippen LogP contribution in [0.2, 0.25) is 0 Å². The predicted octanol–water partition coefficient (Wildman–Crippen LogP) is 10.6. The van der Waals surface area contributed by atoms with Crippen LogP contribution in [-0.4, -0.2) is 107 Å². The van der Waals surface area contributed by atoms with Gasteiger partial charge in [0.15, 0.2) is 0 Å². The summed E-state index contributed by atoms with van der Waals surface area (Å²) in [4.78, 5) is 74.9. The lowest BCUT2D eigenvalue weighted by atomic mass is 9.75. The molecular weight excluding hydrogens is 921 g/mol. The van der Waals surface area contributed by atoms with Crippen molar-refractivity contribution < 1.29 is 52.5 Å². The summed E-state index contributed by atoms with van der Waals surface area (Å²) in [6.45, 7) is 3.28. The number of ether oxygens (including phenoxy) is 5. The van der Waals surface area contributed by atoms with Crippen molar-refractivity contribution >= 4 is 36.4 Å². The molecule has 0 aromatic carbocycles. The summed E-state index contributed by atoms with van der Waals surface area (Å²) in [6, 6.07) is 0.731. The largest absolute Gasteiger partial charge is 0.453 e. The van der Waals surface area contributed by atoms with Crippen LogP contribution in [0.1, 0.15) is 201 Å². The van der Waals surface area contributed by atoms with Gasteiger partial charge in [0.05, 0.1) is 19.6 Å². The van der Waals surface area contributed by atoms with Crippen molar-refractivity contribution in [2.24, 2.45) is 40.9 Å². The Balaban J connectivity index is 0.00000963. The number of carbonyl (C=O) groups excluding carboxylic acids is 6. The summed E-state index contributed by atoms with van der Waals surface area (Å²) in [7, 11) is 2.80. The Morgan fingerprint density at radius 1 is 0.361 bits per heavy atom. The molecule has 412 valence electrons. The molecule has 6 N–H and O–H groups in total. The second-order valence-electron chi connectivity index (χ2n) is 23.0. The van der Waals surface area contributed by atoms with Crippen molar-refractivity contribution in [3.8, 4) is 0 Å². The average molecular weight is 1020 g/mol. The van der Waals surface area contributed by atoms with Crippen LogP contribution >= 0.6 is 0 Å². The third kappa shape index (κ3) is 20.3. The van der Waals surface area contributed by atoms with Crippen LogP contribution in [0.4, 0.5) is 24.0 Å². The molecule has 0 spiro atoms. The van der Waals surface area contributed by atoms with Crippen LogP contribution in [0.5, 0.6) is 0 Å². The minimum absolute atomic E-state index is 0. The Morgan fingerprint density at radius 2 is 0.569 bits per heavy atom. The fraction of sp³-hybridized carbons (Fsp3) is 0.891. The normalized spacial score (nSPS) is 31.6. The first-order valence-corrected chi connectivity index (χ1v) is 28.0. The van der Waals surface area contributed by atoms with Gasteiger partial charge in [-0.3, -0.25) is 4.79 Å². The highest BCUT2D eigenvalue weighted by Gasteiger charge is 2.37. The van der Waals surface area contributed by atoms with Crippen LogP contribution in [0.3, 0.4) is 0 Å². The van der Waals surface area contributed by atoms with Crippen molar-refractivity contribution in [1.82, 2.24) is 31.9 Å². The van der Waals surface area contributed by atoms with E-state index in [0.717, 1.165) is 154 Å².